The van der Waals surface area contributed by atoms with Crippen LogP contribution in [0.1, 0.15) is 18.4 Å². The van der Waals surface area contributed by atoms with Crippen molar-refractivity contribution in [2.45, 2.75) is 25.4 Å². The Kier molecular flexibility index (Phi) is 1.77. The molecule has 1 saturated carbocycles. The van der Waals surface area contributed by atoms with Gasteiger partial charge in [0.1, 0.15) is 5.60 Å². The van der Waals surface area contributed by atoms with Gasteiger partial charge in [-0.1, -0.05) is 0 Å². The number of aryl methyl sites for hydroxylation is 1. The van der Waals surface area contributed by atoms with Crippen LogP contribution in [-0.2, 0) is 0 Å². The molecule has 80 valence electrons. The van der Waals surface area contributed by atoms with Gasteiger partial charge in [-0.05, 0) is 37.3 Å². The van der Waals surface area contributed by atoms with Gasteiger partial charge >= 0.3 is 0 Å². The van der Waals surface area contributed by atoms with Gasteiger partial charge in [0.2, 0.25) is 0 Å². The second-order valence-electron chi connectivity index (χ2n) is 4.83. The Labute approximate surface area is 88.9 Å². The molecule has 4 heteroatoms. The molecule has 1 aliphatic carbocycles. The van der Waals surface area contributed by atoms with E-state index < -0.39 is 5.60 Å². The van der Waals surface area contributed by atoms with Gasteiger partial charge in [-0.3, -0.25) is 0 Å². The normalized spacial score (nSPS) is 23.7. The van der Waals surface area contributed by atoms with Crippen molar-refractivity contribution in [3.8, 4) is 0 Å². The molecule has 0 bridgehead atoms. The topological polar surface area (TPSA) is 49.2 Å². The minimum atomic E-state index is -0.439. The molecule has 0 radical (unpaired) electrons. The predicted octanol–water partition coefficient (Wildman–Crippen LogP) is 0.746. The molecule has 3 rings (SSSR count). The third-order valence-corrected chi connectivity index (χ3v) is 3.37. The van der Waals surface area contributed by atoms with Crippen LogP contribution in [-0.4, -0.2) is 34.0 Å². The second kappa shape index (κ2) is 2.92. The SMILES string of the molecule is Cc1cnnc(N2CC(O)(C3CC3)C2)c1. The number of hydrogen-bond donors (Lipinski definition) is 1. The smallest absolute Gasteiger partial charge is 0.151 e. The Bertz CT molecular complexity index is 383. The van der Waals surface area contributed by atoms with E-state index in [0.29, 0.717) is 5.92 Å². The lowest BCUT2D eigenvalue weighted by atomic mass is 9.89. The molecule has 1 aromatic heterocycles. The van der Waals surface area contributed by atoms with E-state index >= 15 is 0 Å². The van der Waals surface area contributed by atoms with Crippen molar-refractivity contribution >= 4 is 5.82 Å². The van der Waals surface area contributed by atoms with E-state index in [4.69, 9.17) is 0 Å². The minimum absolute atomic E-state index is 0.439. The molecule has 1 aromatic rings. The summed E-state index contributed by atoms with van der Waals surface area (Å²) in [5.74, 6) is 1.42. The van der Waals surface area contributed by atoms with E-state index in [2.05, 4.69) is 15.1 Å². The highest BCUT2D eigenvalue weighted by Gasteiger charge is 2.52. The number of rotatable bonds is 2. The fourth-order valence-corrected chi connectivity index (χ4v) is 2.26. The van der Waals surface area contributed by atoms with Crippen molar-refractivity contribution in [2.24, 2.45) is 5.92 Å². The van der Waals surface area contributed by atoms with Crippen molar-refractivity contribution in [2.75, 3.05) is 18.0 Å². The number of aromatic nitrogens is 2. The van der Waals surface area contributed by atoms with Gasteiger partial charge in [-0.2, -0.15) is 5.10 Å². The van der Waals surface area contributed by atoms with Gasteiger partial charge in [0.05, 0.1) is 19.3 Å². The molecule has 0 aromatic carbocycles. The molecule has 15 heavy (non-hydrogen) atoms. The molecule has 2 aliphatic rings. The van der Waals surface area contributed by atoms with Gasteiger partial charge in [-0.15, -0.1) is 5.10 Å². The molecule has 1 saturated heterocycles. The zero-order valence-electron chi connectivity index (χ0n) is 8.85. The van der Waals surface area contributed by atoms with E-state index in [1.807, 2.05) is 13.0 Å². The molecule has 0 atom stereocenters. The molecule has 4 nitrogen and oxygen atoms in total. The summed E-state index contributed by atoms with van der Waals surface area (Å²) >= 11 is 0. The highest BCUT2D eigenvalue weighted by molar-refractivity contribution is 5.44. The second-order valence-corrected chi connectivity index (χ2v) is 4.83. The first kappa shape index (κ1) is 9.09. The molecular weight excluding hydrogens is 190 g/mol. The summed E-state index contributed by atoms with van der Waals surface area (Å²) in [4.78, 5) is 2.10. The van der Waals surface area contributed by atoms with Gasteiger partial charge in [-0.25, -0.2) is 0 Å². The molecular formula is C11H15N3O. The Morgan fingerprint density at radius 1 is 1.47 bits per heavy atom. The predicted molar refractivity (Wildman–Crippen MR) is 56.7 cm³/mol. The average molecular weight is 205 g/mol. The van der Waals surface area contributed by atoms with Crippen LogP contribution in [0.2, 0.25) is 0 Å². The maximum absolute atomic E-state index is 10.2. The van der Waals surface area contributed by atoms with Crippen LogP contribution in [0.5, 0.6) is 0 Å². The van der Waals surface area contributed by atoms with Crippen molar-refractivity contribution in [3.05, 3.63) is 17.8 Å². The maximum Gasteiger partial charge on any atom is 0.151 e. The highest BCUT2D eigenvalue weighted by atomic mass is 16.3. The van der Waals surface area contributed by atoms with Crippen LogP contribution in [0.25, 0.3) is 0 Å². The van der Waals surface area contributed by atoms with Crippen LogP contribution < -0.4 is 4.90 Å². The van der Waals surface area contributed by atoms with Crippen LogP contribution in [0, 0.1) is 12.8 Å². The summed E-state index contributed by atoms with van der Waals surface area (Å²) in [6.45, 7) is 3.44. The van der Waals surface area contributed by atoms with E-state index in [0.717, 1.165) is 24.5 Å². The first-order valence-corrected chi connectivity index (χ1v) is 5.44. The number of hydrogen-bond acceptors (Lipinski definition) is 4. The third kappa shape index (κ3) is 1.49. The van der Waals surface area contributed by atoms with E-state index in [1.54, 1.807) is 6.20 Å². The van der Waals surface area contributed by atoms with Crippen LogP contribution in [0.15, 0.2) is 12.3 Å². The number of β-amino-alcohol motifs (C(OH)–C–C–N with tert-alkyl or cyclic N) is 1. The van der Waals surface area contributed by atoms with Crippen molar-refractivity contribution < 1.29 is 5.11 Å². The lowest BCUT2D eigenvalue weighted by Crippen LogP contribution is -2.63. The summed E-state index contributed by atoms with van der Waals surface area (Å²) in [7, 11) is 0. The highest BCUT2D eigenvalue weighted by Crippen LogP contribution is 2.45. The minimum Gasteiger partial charge on any atom is -0.386 e. The monoisotopic (exact) mass is 205 g/mol. The zero-order valence-corrected chi connectivity index (χ0v) is 8.85. The van der Waals surface area contributed by atoms with Gasteiger partial charge in [0.25, 0.3) is 0 Å². The molecule has 1 N–H and O–H groups in total. The Morgan fingerprint density at radius 2 is 2.20 bits per heavy atom. The zero-order chi connectivity index (χ0) is 10.5. The summed E-state index contributed by atoms with van der Waals surface area (Å²) < 4.78 is 0. The Morgan fingerprint density at radius 3 is 2.80 bits per heavy atom. The summed E-state index contributed by atoms with van der Waals surface area (Å²) in [5, 5.41) is 18.2. The van der Waals surface area contributed by atoms with E-state index in [1.165, 1.54) is 12.8 Å². The largest absolute Gasteiger partial charge is 0.386 e. The van der Waals surface area contributed by atoms with Gasteiger partial charge in [0.15, 0.2) is 5.82 Å². The fraction of sp³-hybridized carbons (Fsp3) is 0.636. The summed E-state index contributed by atoms with van der Waals surface area (Å²) in [6, 6.07) is 2.01. The van der Waals surface area contributed by atoms with Crippen LogP contribution >= 0.6 is 0 Å². The first-order valence-electron chi connectivity index (χ1n) is 5.44. The quantitative estimate of drug-likeness (QED) is 0.774. The van der Waals surface area contributed by atoms with Gasteiger partial charge < -0.3 is 10.0 Å². The van der Waals surface area contributed by atoms with E-state index in [9.17, 15) is 5.11 Å². The molecule has 0 amide bonds. The maximum atomic E-state index is 10.2. The van der Waals surface area contributed by atoms with Crippen LogP contribution in [0.3, 0.4) is 0 Å². The molecule has 0 spiro atoms. The number of aliphatic hydroxyl groups is 1. The Balaban J connectivity index is 1.71. The lowest BCUT2D eigenvalue weighted by molar-refractivity contribution is -0.00982. The van der Waals surface area contributed by atoms with Crippen molar-refractivity contribution in [3.63, 3.8) is 0 Å². The molecule has 0 unspecified atom stereocenters. The third-order valence-electron chi connectivity index (χ3n) is 3.37. The van der Waals surface area contributed by atoms with Crippen LogP contribution in [0.4, 0.5) is 5.82 Å². The van der Waals surface area contributed by atoms with Crippen molar-refractivity contribution in [1.82, 2.24) is 10.2 Å². The Hall–Kier alpha value is -1.16. The average Bonchev–Trinajstić information content (AvgIpc) is 2.96. The summed E-state index contributed by atoms with van der Waals surface area (Å²) in [5.41, 5.74) is 0.674. The number of nitrogens with zero attached hydrogens (tertiary/aromatic N) is 3. The number of anilines is 1. The van der Waals surface area contributed by atoms with Gasteiger partial charge in [0, 0.05) is 0 Å². The molecule has 2 heterocycles. The lowest BCUT2D eigenvalue weighted by Gasteiger charge is -2.47. The van der Waals surface area contributed by atoms with E-state index in [-0.39, 0.29) is 0 Å². The fourth-order valence-electron chi connectivity index (χ4n) is 2.26. The molecule has 1 aliphatic heterocycles. The van der Waals surface area contributed by atoms with Crippen molar-refractivity contribution in [1.29, 1.82) is 0 Å². The molecule has 2 fully saturated rings. The standard InChI is InChI=1S/C11H15N3O/c1-8-4-10(13-12-5-8)14-6-11(15,7-14)9-2-3-9/h4-5,9,15H,2-3,6-7H2,1H3. The summed E-state index contributed by atoms with van der Waals surface area (Å²) in [6.07, 6.45) is 4.12. The first-order chi connectivity index (χ1) is 7.17.